The second-order valence-corrected chi connectivity index (χ2v) is 6.58. The van der Waals surface area contributed by atoms with Crippen LogP contribution in [0.2, 0.25) is 0 Å². The van der Waals surface area contributed by atoms with Gasteiger partial charge in [0.1, 0.15) is 0 Å². The van der Waals surface area contributed by atoms with Gasteiger partial charge < -0.3 is 14.9 Å². The zero-order valence-corrected chi connectivity index (χ0v) is 13.4. The minimum atomic E-state index is 0.320. The van der Waals surface area contributed by atoms with Gasteiger partial charge in [-0.3, -0.25) is 0 Å². The van der Waals surface area contributed by atoms with Crippen LogP contribution in [0.3, 0.4) is 0 Å². The van der Waals surface area contributed by atoms with E-state index in [1.54, 1.807) is 0 Å². The third-order valence-electron chi connectivity index (χ3n) is 5.12. The van der Waals surface area contributed by atoms with Crippen LogP contribution in [-0.2, 0) is 7.05 Å². The molecular weight excluding hydrogens is 272 g/mol. The Kier molecular flexibility index (Phi) is 3.41. The molecule has 1 fully saturated rings. The van der Waals surface area contributed by atoms with Crippen molar-refractivity contribution in [3.05, 3.63) is 36.0 Å². The van der Waals surface area contributed by atoms with Crippen LogP contribution in [0, 0.1) is 5.92 Å². The van der Waals surface area contributed by atoms with Crippen molar-refractivity contribution in [2.24, 2.45) is 18.1 Å². The number of nitrogens with one attached hydrogen (secondary N) is 1. The largest absolute Gasteiger partial charge is 0.350 e. The normalized spacial score (nSPS) is 25.1. The van der Waals surface area contributed by atoms with Crippen LogP contribution in [0.15, 0.2) is 35.6 Å². The number of fused-ring (bicyclic) bond motifs is 2. The van der Waals surface area contributed by atoms with Gasteiger partial charge in [0.25, 0.3) is 0 Å². The molecule has 2 aromatic rings. The second-order valence-electron chi connectivity index (χ2n) is 6.58. The third-order valence-corrected chi connectivity index (χ3v) is 5.12. The van der Waals surface area contributed by atoms with Crippen molar-refractivity contribution in [3.63, 3.8) is 0 Å². The molecule has 4 heteroatoms. The van der Waals surface area contributed by atoms with Crippen molar-refractivity contribution in [1.29, 1.82) is 0 Å². The summed E-state index contributed by atoms with van der Waals surface area (Å²) in [5, 5.41) is 6.01. The summed E-state index contributed by atoms with van der Waals surface area (Å²) >= 11 is 0. The molecule has 1 N–H and O–H groups in total. The molecule has 2 atom stereocenters. The minimum Gasteiger partial charge on any atom is -0.350 e. The van der Waals surface area contributed by atoms with Gasteiger partial charge in [0, 0.05) is 60.9 Å². The summed E-state index contributed by atoms with van der Waals surface area (Å²) in [5.41, 5.74) is 7.49. The Morgan fingerprint density at radius 2 is 2.18 bits per heavy atom. The van der Waals surface area contributed by atoms with E-state index < -0.39 is 0 Å². The number of aromatic nitrogens is 1. The van der Waals surface area contributed by atoms with Crippen LogP contribution < -0.4 is 5.43 Å². The number of rotatable bonds is 3. The molecule has 0 bridgehead atoms. The summed E-state index contributed by atoms with van der Waals surface area (Å²) in [4.78, 5) is 2.59. The molecule has 0 amide bonds. The molecule has 4 nitrogen and oxygen atoms in total. The highest BCUT2D eigenvalue weighted by atomic mass is 15.4. The molecule has 0 aliphatic carbocycles. The van der Waals surface area contributed by atoms with Gasteiger partial charge in [-0.1, -0.05) is 25.1 Å². The topological polar surface area (TPSA) is 32.6 Å². The highest BCUT2D eigenvalue weighted by molar-refractivity contribution is 5.92. The molecule has 0 radical (unpaired) electrons. The molecule has 3 heterocycles. The molecule has 2 aliphatic heterocycles. The second kappa shape index (κ2) is 5.43. The molecule has 2 aliphatic rings. The first-order chi connectivity index (χ1) is 10.8. The number of para-hydroxylation sites is 1. The first-order valence-corrected chi connectivity index (χ1v) is 8.36. The molecule has 2 unspecified atom stereocenters. The van der Waals surface area contributed by atoms with E-state index >= 15 is 0 Å². The van der Waals surface area contributed by atoms with Gasteiger partial charge in [-0.05, 0) is 19.0 Å². The lowest BCUT2D eigenvalue weighted by Crippen LogP contribution is -2.42. The van der Waals surface area contributed by atoms with E-state index in [0.29, 0.717) is 12.0 Å². The highest BCUT2D eigenvalue weighted by Crippen LogP contribution is 2.36. The Morgan fingerprint density at radius 3 is 3.05 bits per heavy atom. The molecule has 0 saturated carbocycles. The lowest BCUT2D eigenvalue weighted by Gasteiger charge is -2.33. The Hall–Kier alpha value is -1.81. The summed E-state index contributed by atoms with van der Waals surface area (Å²) in [6.45, 7) is 5.76. The molecule has 116 valence electrons. The van der Waals surface area contributed by atoms with E-state index in [1.807, 2.05) is 0 Å². The zero-order valence-electron chi connectivity index (χ0n) is 13.4. The van der Waals surface area contributed by atoms with Crippen molar-refractivity contribution in [1.82, 2.24) is 14.9 Å². The van der Waals surface area contributed by atoms with Gasteiger partial charge in [-0.2, -0.15) is 5.10 Å². The minimum absolute atomic E-state index is 0.320. The average molecular weight is 296 g/mol. The van der Waals surface area contributed by atoms with Crippen LogP contribution in [0.1, 0.15) is 31.4 Å². The molecule has 4 rings (SSSR count). The fourth-order valence-corrected chi connectivity index (χ4v) is 4.04. The van der Waals surface area contributed by atoms with Gasteiger partial charge in [0.05, 0.1) is 6.04 Å². The SMILES string of the molecule is CCCN1CCC2=NNC(c3cn(C)c4ccccc34)C2C1. The quantitative estimate of drug-likeness (QED) is 0.944. The number of benzene rings is 1. The number of piperidine rings is 1. The predicted octanol–water partition coefficient (Wildman–Crippen LogP) is 2.91. The Bertz CT molecular complexity index is 715. The molecule has 1 aromatic heterocycles. The van der Waals surface area contributed by atoms with E-state index in [0.717, 1.165) is 19.5 Å². The van der Waals surface area contributed by atoms with Crippen LogP contribution in [0.5, 0.6) is 0 Å². The van der Waals surface area contributed by atoms with Crippen LogP contribution in [0.4, 0.5) is 0 Å². The summed E-state index contributed by atoms with van der Waals surface area (Å²) in [7, 11) is 2.13. The standard InChI is InChI=1S/C18H24N4/c1-3-9-22-10-8-16-15(12-22)18(20-19-16)14-11-21(2)17-7-5-4-6-13(14)17/h4-7,11,15,18,20H,3,8-10,12H2,1-2H3. The van der Waals surface area contributed by atoms with E-state index in [2.05, 4.69) is 64.4 Å². The number of hydrogen-bond donors (Lipinski definition) is 1. The van der Waals surface area contributed by atoms with Crippen molar-refractivity contribution in [3.8, 4) is 0 Å². The molecule has 1 saturated heterocycles. The van der Waals surface area contributed by atoms with Crippen LogP contribution in [0.25, 0.3) is 10.9 Å². The third kappa shape index (κ3) is 2.13. The molecular formula is C18H24N4. The monoisotopic (exact) mass is 296 g/mol. The first-order valence-electron chi connectivity index (χ1n) is 8.36. The number of aryl methyl sites for hydroxylation is 1. The Morgan fingerprint density at radius 1 is 1.32 bits per heavy atom. The highest BCUT2D eigenvalue weighted by Gasteiger charge is 2.37. The summed E-state index contributed by atoms with van der Waals surface area (Å²) < 4.78 is 2.23. The first kappa shape index (κ1) is 13.8. The van der Waals surface area contributed by atoms with E-state index in [-0.39, 0.29) is 0 Å². The van der Waals surface area contributed by atoms with Crippen molar-refractivity contribution in [2.45, 2.75) is 25.8 Å². The number of likely N-dealkylation sites (tertiary alicyclic amines) is 1. The summed E-state index contributed by atoms with van der Waals surface area (Å²) in [6, 6.07) is 8.99. The van der Waals surface area contributed by atoms with Gasteiger partial charge in [0.2, 0.25) is 0 Å². The van der Waals surface area contributed by atoms with Gasteiger partial charge >= 0.3 is 0 Å². The van der Waals surface area contributed by atoms with Gasteiger partial charge in [-0.15, -0.1) is 0 Å². The molecule has 1 aromatic carbocycles. The lowest BCUT2D eigenvalue weighted by molar-refractivity contribution is 0.228. The smallest absolute Gasteiger partial charge is 0.0803 e. The van der Waals surface area contributed by atoms with Crippen molar-refractivity contribution < 1.29 is 0 Å². The number of nitrogens with zero attached hydrogens (tertiary/aromatic N) is 3. The molecule has 22 heavy (non-hydrogen) atoms. The Balaban J connectivity index is 1.67. The fourth-order valence-electron chi connectivity index (χ4n) is 4.04. The summed E-state index contributed by atoms with van der Waals surface area (Å²) in [6.07, 6.45) is 4.62. The van der Waals surface area contributed by atoms with E-state index in [4.69, 9.17) is 0 Å². The van der Waals surface area contributed by atoms with Gasteiger partial charge in [-0.25, -0.2) is 0 Å². The van der Waals surface area contributed by atoms with Gasteiger partial charge in [0.15, 0.2) is 0 Å². The zero-order chi connectivity index (χ0) is 15.1. The Labute approximate surface area is 131 Å². The maximum absolute atomic E-state index is 4.66. The van der Waals surface area contributed by atoms with E-state index in [1.165, 1.54) is 35.1 Å². The summed E-state index contributed by atoms with van der Waals surface area (Å²) in [5.74, 6) is 0.520. The van der Waals surface area contributed by atoms with Crippen LogP contribution in [-0.4, -0.2) is 34.8 Å². The van der Waals surface area contributed by atoms with E-state index in [9.17, 15) is 0 Å². The predicted molar refractivity (Wildman–Crippen MR) is 91.1 cm³/mol. The maximum Gasteiger partial charge on any atom is 0.0803 e. The number of hydrazone groups is 1. The lowest BCUT2D eigenvalue weighted by atomic mass is 9.86. The van der Waals surface area contributed by atoms with Crippen molar-refractivity contribution in [2.75, 3.05) is 19.6 Å². The van der Waals surface area contributed by atoms with Crippen molar-refractivity contribution >= 4 is 16.6 Å². The molecule has 0 spiro atoms. The fraction of sp³-hybridized carbons (Fsp3) is 0.500. The van der Waals surface area contributed by atoms with Crippen LogP contribution >= 0.6 is 0 Å². The average Bonchev–Trinajstić information content (AvgIpc) is 3.09. The number of hydrogen-bond acceptors (Lipinski definition) is 3. The maximum atomic E-state index is 4.66.